The number of halogens is 1. The summed E-state index contributed by atoms with van der Waals surface area (Å²) in [5.41, 5.74) is 2.00. The fraction of sp³-hybridized carbons (Fsp3) is 0.333. The molecule has 0 radical (unpaired) electrons. The number of benzene rings is 2. The molecule has 0 unspecified atom stereocenters. The molecule has 2 aromatic carbocycles. The fourth-order valence-corrected chi connectivity index (χ4v) is 2.23. The summed E-state index contributed by atoms with van der Waals surface area (Å²) in [4.78, 5) is 0. The molecule has 2 nitrogen and oxygen atoms in total. The Hall–Kier alpha value is -1.87. The van der Waals surface area contributed by atoms with E-state index in [1.54, 1.807) is 0 Å². The Kier molecular flexibility index (Phi) is 5.34. The zero-order valence-corrected chi connectivity index (χ0v) is 12.8. The first-order chi connectivity index (χ1) is 10.1. The molecule has 0 saturated carbocycles. The van der Waals surface area contributed by atoms with Gasteiger partial charge in [-0.1, -0.05) is 39.0 Å². The number of hydrogen-bond acceptors (Lipinski definition) is 2. The SMILES string of the molecule is CCNCc1cc(F)cc(Oc2ccccc2C(C)C)c1. The molecule has 0 bridgehead atoms. The van der Waals surface area contributed by atoms with Gasteiger partial charge in [-0.15, -0.1) is 0 Å². The summed E-state index contributed by atoms with van der Waals surface area (Å²) in [7, 11) is 0. The molecule has 0 aliphatic carbocycles. The van der Waals surface area contributed by atoms with E-state index in [0.717, 1.165) is 23.4 Å². The fourth-order valence-electron chi connectivity index (χ4n) is 2.23. The van der Waals surface area contributed by atoms with Gasteiger partial charge in [0.1, 0.15) is 17.3 Å². The maximum atomic E-state index is 13.7. The lowest BCUT2D eigenvalue weighted by Gasteiger charge is -2.14. The van der Waals surface area contributed by atoms with Crippen molar-refractivity contribution in [3.63, 3.8) is 0 Å². The van der Waals surface area contributed by atoms with Crippen LogP contribution in [-0.4, -0.2) is 6.54 Å². The maximum absolute atomic E-state index is 13.7. The monoisotopic (exact) mass is 287 g/mol. The Morgan fingerprint density at radius 1 is 1.14 bits per heavy atom. The molecule has 1 N–H and O–H groups in total. The molecule has 0 saturated heterocycles. The zero-order chi connectivity index (χ0) is 15.2. The van der Waals surface area contributed by atoms with Gasteiger partial charge in [-0.05, 0) is 41.8 Å². The van der Waals surface area contributed by atoms with Crippen LogP contribution in [0.4, 0.5) is 4.39 Å². The van der Waals surface area contributed by atoms with Crippen LogP contribution in [0.25, 0.3) is 0 Å². The maximum Gasteiger partial charge on any atom is 0.130 e. The van der Waals surface area contributed by atoms with Crippen molar-refractivity contribution >= 4 is 0 Å². The van der Waals surface area contributed by atoms with Gasteiger partial charge in [0.05, 0.1) is 0 Å². The molecular weight excluding hydrogens is 265 g/mol. The minimum absolute atomic E-state index is 0.276. The molecule has 0 aliphatic rings. The standard InChI is InChI=1S/C18H22FNO/c1-4-20-12-14-9-15(19)11-16(10-14)21-18-8-6-5-7-17(18)13(2)3/h5-11,13,20H,4,12H2,1-3H3. The van der Waals surface area contributed by atoms with E-state index in [4.69, 9.17) is 4.74 Å². The van der Waals surface area contributed by atoms with E-state index < -0.39 is 0 Å². The highest BCUT2D eigenvalue weighted by atomic mass is 19.1. The number of hydrogen-bond donors (Lipinski definition) is 1. The molecule has 112 valence electrons. The van der Waals surface area contributed by atoms with E-state index in [1.165, 1.54) is 12.1 Å². The van der Waals surface area contributed by atoms with Crippen molar-refractivity contribution in [2.75, 3.05) is 6.54 Å². The van der Waals surface area contributed by atoms with E-state index in [9.17, 15) is 4.39 Å². The van der Waals surface area contributed by atoms with Gasteiger partial charge >= 0.3 is 0 Å². The van der Waals surface area contributed by atoms with Crippen LogP contribution >= 0.6 is 0 Å². The molecule has 3 heteroatoms. The molecule has 2 rings (SSSR count). The summed E-state index contributed by atoms with van der Waals surface area (Å²) < 4.78 is 19.6. The predicted octanol–water partition coefficient (Wildman–Crippen LogP) is 4.85. The van der Waals surface area contributed by atoms with Crippen LogP contribution in [0.2, 0.25) is 0 Å². The van der Waals surface area contributed by atoms with E-state index in [2.05, 4.69) is 19.2 Å². The molecule has 0 heterocycles. The molecule has 0 aliphatic heterocycles. The van der Waals surface area contributed by atoms with Crippen LogP contribution in [0, 0.1) is 5.82 Å². The first-order valence-electron chi connectivity index (χ1n) is 7.37. The summed E-state index contributed by atoms with van der Waals surface area (Å²) in [6.07, 6.45) is 0. The Morgan fingerprint density at radius 2 is 1.90 bits per heavy atom. The average Bonchev–Trinajstić information content (AvgIpc) is 2.45. The normalized spacial score (nSPS) is 10.9. The van der Waals surface area contributed by atoms with E-state index >= 15 is 0 Å². The summed E-state index contributed by atoms with van der Waals surface area (Å²) in [6, 6.07) is 12.7. The van der Waals surface area contributed by atoms with Crippen molar-refractivity contribution in [3.8, 4) is 11.5 Å². The van der Waals surface area contributed by atoms with E-state index in [1.807, 2.05) is 37.3 Å². The molecule has 21 heavy (non-hydrogen) atoms. The van der Waals surface area contributed by atoms with Crippen molar-refractivity contribution in [1.82, 2.24) is 5.32 Å². The zero-order valence-electron chi connectivity index (χ0n) is 12.8. The van der Waals surface area contributed by atoms with E-state index in [0.29, 0.717) is 18.2 Å². The Morgan fingerprint density at radius 3 is 2.62 bits per heavy atom. The Bertz CT molecular complexity index is 596. The van der Waals surface area contributed by atoms with Gasteiger partial charge in [-0.25, -0.2) is 4.39 Å². The van der Waals surface area contributed by atoms with Gasteiger partial charge in [0.2, 0.25) is 0 Å². The second kappa shape index (κ2) is 7.23. The summed E-state index contributed by atoms with van der Waals surface area (Å²) in [6.45, 7) is 7.74. The van der Waals surface area contributed by atoms with Crippen molar-refractivity contribution in [2.45, 2.75) is 33.2 Å². The molecular formula is C18H22FNO. The lowest BCUT2D eigenvalue weighted by molar-refractivity contribution is 0.466. The van der Waals surface area contributed by atoms with Crippen molar-refractivity contribution in [3.05, 3.63) is 59.4 Å². The highest BCUT2D eigenvalue weighted by molar-refractivity contribution is 5.40. The quantitative estimate of drug-likeness (QED) is 0.820. The van der Waals surface area contributed by atoms with Crippen molar-refractivity contribution in [1.29, 1.82) is 0 Å². The molecule has 2 aromatic rings. The predicted molar refractivity (Wildman–Crippen MR) is 84.4 cm³/mol. The number of rotatable bonds is 6. The van der Waals surface area contributed by atoms with Gasteiger partial charge in [-0.3, -0.25) is 0 Å². The first-order valence-corrected chi connectivity index (χ1v) is 7.37. The topological polar surface area (TPSA) is 21.3 Å². The van der Waals surface area contributed by atoms with Crippen molar-refractivity contribution in [2.24, 2.45) is 0 Å². The third-order valence-corrected chi connectivity index (χ3v) is 3.28. The van der Waals surface area contributed by atoms with Gasteiger partial charge in [0.25, 0.3) is 0 Å². The summed E-state index contributed by atoms with van der Waals surface area (Å²) in [5.74, 6) is 1.40. The number of nitrogens with one attached hydrogen (secondary N) is 1. The average molecular weight is 287 g/mol. The molecule has 0 fully saturated rings. The highest BCUT2D eigenvalue weighted by Crippen LogP contribution is 2.31. The van der Waals surface area contributed by atoms with Crippen LogP contribution in [0.3, 0.4) is 0 Å². The number of para-hydroxylation sites is 1. The lowest BCUT2D eigenvalue weighted by atomic mass is 10.0. The van der Waals surface area contributed by atoms with Crippen LogP contribution in [0.1, 0.15) is 37.8 Å². The minimum atomic E-state index is -0.276. The molecule has 0 atom stereocenters. The van der Waals surface area contributed by atoms with E-state index in [-0.39, 0.29) is 5.82 Å². The Labute approximate surface area is 126 Å². The van der Waals surface area contributed by atoms with Crippen LogP contribution in [0.5, 0.6) is 11.5 Å². The largest absolute Gasteiger partial charge is 0.457 e. The highest BCUT2D eigenvalue weighted by Gasteiger charge is 2.09. The van der Waals surface area contributed by atoms with Crippen LogP contribution in [-0.2, 0) is 6.54 Å². The van der Waals surface area contributed by atoms with Gasteiger partial charge in [-0.2, -0.15) is 0 Å². The van der Waals surface area contributed by atoms with Gasteiger partial charge in [0, 0.05) is 12.6 Å². The summed E-state index contributed by atoms with van der Waals surface area (Å²) >= 11 is 0. The van der Waals surface area contributed by atoms with Gasteiger partial charge < -0.3 is 10.1 Å². The third-order valence-electron chi connectivity index (χ3n) is 3.28. The summed E-state index contributed by atoms with van der Waals surface area (Å²) in [5, 5.41) is 3.19. The van der Waals surface area contributed by atoms with Gasteiger partial charge in [0.15, 0.2) is 0 Å². The van der Waals surface area contributed by atoms with Crippen LogP contribution in [0.15, 0.2) is 42.5 Å². The van der Waals surface area contributed by atoms with Crippen molar-refractivity contribution < 1.29 is 9.13 Å². The second-order valence-electron chi connectivity index (χ2n) is 5.37. The molecule has 0 amide bonds. The first kappa shape index (κ1) is 15.5. The Balaban J connectivity index is 2.25. The minimum Gasteiger partial charge on any atom is -0.457 e. The third kappa shape index (κ3) is 4.30. The number of ether oxygens (including phenoxy) is 1. The molecule has 0 aromatic heterocycles. The molecule has 0 spiro atoms. The smallest absolute Gasteiger partial charge is 0.130 e. The van der Waals surface area contributed by atoms with Crippen LogP contribution < -0.4 is 10.1 Å². The second-order valence-corrected chi connectivity index (χ2v) is 5.37. The lowest BCUT2D eigenvalue weighted by Crippen LogP contribution is -2.11.